The second-order valence-corrected chi connectivity index (χ2v) is 6.91. The standard InChI is InChI=1S/C19H19F3N4O2/c1-25-16(13(10-23)17(27)26(2)18(25)28)24-15-9-5-7-12(15)11-6-3-4-8-14(11)19(20,21)22/h3-4,6,8,12,15,24H,5,7,9H2,1-2H3. The summed E-state index contributed by atoms with van der Waals surface area (Å²) in [7, 11) is 2.69. The number of nitrogens with one attached hydrogen (secondary N) is 1. The van der Waals surface area contributed by atoms with Gasteiger partial charge < -0.3 is 5.32 Å². The topological polar surface area (TPSA) is 79.8 Å². The third kappa shape index (κ3) is 3.30. The van der Waals surface area contributed by atoms with E-state index in [-0.39, 0.29) is 16.9 Å². The van der Waals surface area contributed by atoms with Gasteiger partial charge in [0.25, 0.3) is 5.56 Å². The molecular weight excluding hydrogens is 373 g/mol. The number of rotatable bonds is 3. The van der Waals surface area contributed by atoms with Crippen LogP contribution in [0.15, 0.2) is 33.9 Å². The van der Waals surface area contributed by atoms with Gasteiger partial charge >= 0.3 is 11.9 Å². The zero-order valence-corrected chi connectivity index (χ0v) is 15.4. The summed E-state index contributed by atoms with van der Waals surface area (Å²) in [4.78, 5) is 24.5. The van der Waals surface area contributed by atoms with Gasteiger partial charge in [0.2, 0.25) is 0 Å². The summed E-state index contributed by atoms with van der Waals surface area (Å²) in [6.45, 7) is 0. The lowest BCUT2D eigenvalue weighted by Gasteiger charge is -2.26. The Morgan fingerprint density at radius 1 is 1.14 bits per heavy atom. The quantitative estimate of drug-likeness (QED) is 0.871. The molecule has 2 unspecified atom stereocenters. The van der Waals surface area contributed by atoms with Crippen molar-refractivity contribution in [3.05, 3.63) is 61.8 Å². The molecule has 3 rings (SSSR count). The summed E-state index contributed by atoms with van der Waals surface area (Å²) >= 11 is 0. The third-order valence-electron chi connectivity index (χ3n) is 5.28. The van der Waals surface area contributed by atoms with Gasteiger partial charge in [0.05, 0.1) is 5.56 Å². The van der Waals surface area contributed by atoms with E-state index in [9.17, 15) is 28.0 Å². The summed E-state index contributed by atoms with van der Waals surface area (Å²) < 4.78 is 42.3. The summed E-state index contributed by atoms with van der Waals surface area (Å²) in [5, 5.41) is 12.4. The van der Waals surface area contributed by atoms with Crippen molar-refractivity contribution in [3.8, 4) is 6.07 Å². The van der Waals surface area contributed by atoms with Crippen LogP contribution in [0.3, 0.4) is 0 Å². The first-order chi connectivity index (χ1) is 13.2. The molecule has 2 aromatic rings. The summed E-state index contributed by atoms with van der Waals surface area (Å²) in [5.41, 5.74) is -2.10. The summed E-state index contributed by atoms with van der Waals surface area (Å²) in [5.74, 6) is -0.416. The van der Waals surface area contributed by atoms with Gasteiger partial charge in [-0.05, 0) is 24.5 Å². The normalized spacial score (nSPS) is 19.4. The van der Waals surface area contributed by atoms with Crippen LogP contribution in [0.25, 0.3) is 0 Å². The number of aromatic nitrogens is 2. The zero-order valence-electron chi connectivity index (χ0n) is 15.4. The van der Waals surface area contributed by atoms with Crippen LogP contribution in [0.2, 0.25) is 0 Å². The predicted molar refractivity (Wildman–Crippen MR) is 97.1 cm³/mol. The Morgan fingerprint density at radius 3 is 2.46 bits per heavy atom. The molecule has 0 spiro atoms. The molecule has 0 aliphatic heterocycles. The van der Waals surface area contributed by atoms with Crippen LogP contribution in [-0.2, 0) is 20.3 Å². The number of halogens is 3. The van der Waals surface area contributed by atoms with Gasteiger partial charge in [0.1, 0.15) is 11.9 Å². The van der Waals surface area contributed by atoms with Gasteiger partial charge in [-0.15, -0.1) is 0 Å². The average molecular weight is 392 g/mol. The van der Waals surface area contributed by atoms with Crippen molar-refractivity contribution in [1.29, 1.82) is 5.26 Å². The number of anilines is 1. The van der Waals surface area contributed by atoms with E-state index >= 15 is 0 Å². The monoisotopic (exact) mass is 392 g/mol. The van der Waals surface area contributed by atoms with Crippen molar-refractivity contribution in [2.24, 2.45) is 14.1 Å². The van der Waals surface area contributed by atoms with Gasteiger partial charge in [0, 0.05) is 26.1 Å². The van der Waals surface area contributed by atoms with E-state index in [0.29, 0.717) is 19.3 Å². The Kier molecular flexibility index (Phi) is 5.06. The number of nitriles is 1. The lowest BCUT2D eigenvalue weighted by molar-refractivity contribution is -0.138. The van der Waals surface area contributed by atoms with Crippen molar-refractivity contribution in [2.45, 2.75) is 37.4 Å². The fourth-order valence-electron chi connectivity index (χ4n) is 3.87. The lowest BCUT2D eigenvalue weighted by atomic mass is 9.89. The SMILES string of the molecule is Cn1c(NC2CCCC2c2ccccc2C(F)(F)F)c(C#N)c(=O)n(C)c1=O. The van der Waals surface area contributed by atoms with Crippen molar-refractivity contribution in [2.75, 3.05) is 5.32 Å². The Balaban J connectivity index is 2.05. The van der Waals surface area contributed by atoms with Crippen LogP contribution in [0, 0.1) is 11.3 Å². The van der Waals surface area contributed by atoms with Gasteiger partial charge in [-0.1, -0.05) is 24.6 Å². The first-order valence-corrected chi connectivity index (χ1v) is 8.79. The first-order valence-electron chi connectivity index (χ1n) is 8.79. The molecule has 0 saturated heterocycles. The first kappa shape index (κ1) is 19.7. The summed E-state index contributed by atoms with van der Waals surface area (Å²) in [6.07, 6.45) is -2.69. The number of benzene rings is 1. The van der Waals surface area contributed by atoms with Crippen LogP contribution in [-0.4, -0.2) is 15.2 Å². The Morgan fingerprint density at radius 2 is 1.82 bits per heavy atom. The Hall–Kier alpha value is -3.02. The van der Waals surface area contributed by atoms with E-state index in [1.807, 2.05) is 0 Å². The van der Waals surface area contributed by atoms with Crippen molar-refractivity contribution < 1.29 is 13.2 Å². The van der Waals surface area contributed by atoms with Gasteiger partial charge in [-0.2, -0.15) is 18.4 Å². The fraction of sp³-hybridized carbons (Fsp3) is 0.421. The minimum Gasteiger partial charge on any atom is -0.367 e. The number of nitrogens with zero attached hydrogens (tertiary/aromatic N) is 3. The van der Waals surface area contributed by atoms with Crippen LogP contribution in [0.1, 0.15) is 41.9 Å². The highest BCUT2D eigenvalue weighted by molar-refractivity contribution is 5.53. The maximum absolute atomic E-state index is 13.4. The molecule has 1 aromatic carbocycles. The second kappa shape index (κ2) is 7.19. The fourth-order valence-corrected chi connectivity index (χ4v) is 3.87. The molecule has 1 fully saturated rings. The largest absolute Gasteiger partial charge is 0.416 e. The van der Waals surface area contributed by atoms with Crippen molar-refractivity contribution >= 4 is 5.82 Å². The average Bonchev–Trinajstić information content (AvgIpc) is 3.12. The molecule has 0 bridgehead atoms. The Bertz CT molecular complexity index is 1060. The molecule has 1 aromatic heterocycles. The van der Waals surface area contributed by atoms with Crippen LogP contribution < -0.4 is 16.6 Å². The molecule has 0 radical (unpaired) electrons. The molecule has 1 aliphatic carbocycles. The van der Waals surface area contributed by atoms with E-state index in [1.165, 1.54) is 26.2 Å². The lowest BCUT2D eigenvalue weighted by Crippen LogP contribution is -2.41. The molecule has 28 heavy (non-hydrogen) atoms. The molecule has 9 heteroatoms. The molecular formula is C19H19F3N4O2. The number of hydrogen-bond donors (Lipinski definition) is 1. The molecule has 2 atom stereocenters. The van der Waals surface area contributed by atoms with Crippen LogP contribution >= 0.6 is 0 Å². The summed E-state index contributed by atoms with van der Waals surface area (Å²) in [6, 6.07) is 6.79. The van der Waals surface area contributed by atoms with E-state index in [0.717, 1.165) is 15.2 Å². The maximum atomic E-state index is 13.4. The molecule has 1 heterocycles. The van der Waals surface area contributed by atoms with Crippen molar-refractivity contribution in [1.82, 2.24) is 9.13 Å². The van der Waals surface area contributed by atoms with E-state index in [1.54, 1.807) is 12.1 Å². The number of hydrogen-bond acceptors (Lipinski definition) is 4. The predicted octanol–water partition coefficient (Wildman–Crippen LogP) is 2.72. The van der Waals surface area contributed by atoms with Gasteiger partial charge in [-0.3, -0.25) is 13.9 Å². The maximum Gasteiger partial charge on any atom is 0.416 e. The third-order valence-corrected chi connectivity index (χ3v) is 5.28. The molecule has 1 saturated carbocycles. The molecule has 1 N–H and O–H groups in total. The van der Waals surface area contributed by atoms with E-state index in [4.69, 9.17) is 0 Å². The molecule has 6 nitrogen and oxygen atoms in total. The smallest absolute Gasteiger partial charge is 0.367 e. The minimum atomic E-state index is -4.48. The molecule has 148 valence electrons. The van der Waals surface area contributed by atoms with E-state index in [2.05, 4.69) is 5.32 Å². The zero-order chi connectivity index (χ0) is 20.6. The minimum absolute atomic E-state index is 0.0389. The Labute approximate surface area is 158 Å². The number of alkyl halides is 3. The highest BCUT2D eigenvalue weighted by Crippen LogP contribution is 2.42. The molecule has 1 aliphatic rings. The van der Waals surface area contributed by atoms with E-state index < -0.39 is 34.9 Å². The van der Waals surface area contributed by atoms with Crippen LogP contribution in [0.4, 0.5) is 19.0 Å². The second-order valence-electron chi connectivity index (χ2n) is 6.91. The highest BCUT2D eigenvalue weighted by atomic mass is 19.4. The van der Waals surface area contributed by atoms with Crippen molar-refractivity contribution in [3.63, 3.8) is 0 Å². The van der Waals surface area contributed by atoms with Gasteiger partial charge in [0.15, 0.2) is 5.56 Å². The van der Waals surface area contributed by atoms with Crippen LogP contribution in [0.5, 0.6) is 0 Å². The van der Waals surface area contributed by atoms with Gasteiger partial charge in [-0.25, -0.2) is 4.79 Å². The highest BCUT2D eigenvalue weighted by Gasteiger charge is 2.38. The molecule has 0 amide bonds.